The van der Waals surface area contributed by atoms with Gasteiger partial charge in [0.25, 0.3) is 0 Å². The van der Waals surface area contributed by atoms with Crippen LogP contribution < -0.4 is 5.73 Å². The lowest BCUT2D eigenvalue weighted by Crippen LogP contribution is -2.05. The summed E-state index contributed by atoms with van der Waals surface area (Å²) >= 11 is 0. The number of ketones is 1. The molecular weight excluding hydrogens is 180 g/mol. The van der Waals surface area contributed by atoms with Crippen LogP contribution in [-0.4, -0.2) is 16.7 Å². The van der Waals surface area contributed by atoms with Gasteiger partial charge >= 0.3 is 0 Å². The van der Waals surface area contributed by atoms with Gasteiger partial charge in [0.15, 0.2) is 5.78 Å². The van der Waals surface area contributed by atoms with E-state index < -0.39 is 5.91 Å². The number of nitrogens with zero attached hydrogens (tertiary/aromatic N) is 1. The van der Waals surface area contributed by atoms with Crippen molar-refractivity contribution in [2.75, 3.05) is 0 Å². The molecule has 0 saturated heterocycles. The maximum atomic E-state index is 11.0. The Morgan fingerprint density at radius 2 is 2.14 bits per heavy atom. The SMILES string of the molecule is CC(=O)c1cccc(C=CC(N)=O)n1. The second-order valence-electron chi connectivity index (χ2n) is 2.74. The van der Waals surface area contributed by atoms with Gasteiger partial charge in [-0.15, -0.1) is 0 Å². The van der Waals surface area contributed by atoms with Crippen molar-refractivity contribution in [3.8, 4) is 0 Å². The summed E-state index contributed by atoms with van der Waals surface area (Å²) in [7, 11) is 0. The lowest BCUT2D eigenvalue weighted by Gasteiger charge is -1.95. The number of Topliss-reactive ketones (excluding diaryl/α,β-unsaturated/α-hetero) is 1. The standard InChI is InChI=1S/C10H10N2O2/c1-7(13)9-4-2-3-8(12-9)5-6-10(11)14/h2-6H,1H3,(H2,11,14). The molecule has 0 fully saturated rings. The van der Waals surface area contributed by atoms with Crippen molar-refractivity contribution in [2.24, 2.45) is 5.73 Å². The Bertz CT molecular complexity index is 397. The van der Waals surface area contributed by atoms with Crippen LogP contribution in [0.25, 0.3) is 6.08 Å². The van der Waals surface area contributed by atoms with Crippen LogP contribution in [-0.2, 0) is 4.79 Å². The molecule has 0 saturated carbocycles. The third-order valence-corrected chi connectivity index (χ3v) is 1.55. The molecule has 1 heterocycles. The molecule has 2 N–H and O–H groups in total. The molecule has 0 aromatic carbocycles. The highest BCUT2D eigenvalue weighted by Gasteiger charge is 1.99. The Morgan fingerprint density at radius 3 is 2.71 bits per heavy atom. The van der Waals surface area contributed by atoms with Crippen molar-refractivity contribution in [1.82, 2.24) is 4.98 Å². The molecule has 14 heavy (non-hydrogen) atoms. The smallest absolute Gasteiger partial charge is 0.241 e. The van der Waals surface area contributed by atoms with Crippen LogP contribution in [0.5, 0.6) is 0 Å². The van der Waals surface area contributed by atoms with E-state index >= 15 is 0 Å². The maximum Gasteiger partial charge on any atom is 0.241 e. The van der Waals surface area contributed by atoms with E-state index in [9.17, 15) is 9.59 Å². The van der Waals surface area contributed by atoms with E-state index in [4.69, 9.17) is 5.73 Å². The van der Waals surface area contributed by atoms with Crippen molar-refractivity contribution < 1.29 is 9.59 Å². The first-order valence-electron chi connectivity index (χ1n) is 4.05. The normalized spacial score (nSPS) is 10.4. The highest BCUT2D eigenvalue weighted by molar-refractivity contribution is 5.93. The second kappa shape index (κ2) is 4.32. The number of pyridine rings is 1. The molecule has 4 heteroatoms. The minimum Gasteiger partial charge on any atom is -0.366 e. The zero-order chi connectivity index (χ0) is 10.6. The average Bonchev–Trinajstić information content (AvgIpc) is 2.15. The fourth-order valence-electron chi connectivity index (χ4n) is 0.908. The molecule has 72 valence electrons. The fraction of sp³-hybridized carbons (Fsp3) is 0.100. The van der Waals surface area contributed by atoms with Crippen LogP contribution in [0.1, 0.15) is 23.1 Å². The number of primary amides is 1. The Kier molecular flexibility index (Phi) is 3.12. The molecule has 1 aromatic heterocycles. The third kappa shape index (κ3) is 2.82. The molecule has 1 rings (SSSR count). The summed E-state index contributed by atoms with van der Waals surface area (Å²) in [5.74, 6) is -0.653. The van der Waals surface area contributed by atoms with Crippen LogP contribution in [0.3, 0.4) is 0 Å². The van der Waals surface area contributed by atoms with E-state index in [1.54, 1.807) is 18.2 Å². The topological polar surface area (TPSA) is 73.1 Å². The van der Waals surface area contributed by atoms with Crippen LogP contribution in [0.2, 0.25) is 0 Å². The van der Waals surface area contributed by atoms with Gasteiger partial charge in [0.1, 0.15) is 5.69 Å². The Labute approximate surface area is 81.4 Å². The van der Waals surface area contributed by atoms with E-state index in [2.05, 4.69) is 4.98 Å². The van der Waals surface area contributed by atoms with Crippen LogP contribution in [0.15, 0.2) is 24.3 Å². The van der Waals surface area contributed by atoms with Crippen LogP contribution >= 0.6 is 0 Å². The molecule has 0 atom stereocenters. The largest absolute Gasteiger partial charge is 0.366 e. The van der Waals surface area contributed by atoms with Crippen molar-refractivity contribution >= 4 is 17.8 Å². The minimum absolute atomic E-state index is 0.112. The number of hydrogen-bond donors (Lipinski definition) is 1. The Morgan fingerprint density at radius 1 is 1.43 bits per heavy atom. The van der Waals surface area contributed by atoms with Crippen molar-refractivity contribution in [3.05, 3.63) is 35.7 Å². The molecule has 0 aliphatic carbocycles. The summed E-state index contributed by atoms with van der Waals surface area (Å²) in [6.07, 6.45) is 2.67. The van der Waals surface area contributed by atoms with Crippen molar-refractivity contribution in [3.63, 3.8) is 0 Å². The highest BCUT2D eigenvalue weighted by Crippen LogP contribution is 2.01. The predicted molar refractivity (Wildman–Crippen MR) is 52.5 cm³/mol. The van der Waals surface area contributed by atoms with Gasteiger partial charge in [0.2, 0.25) is 5.91 Å². The fourth-order valence-corrected chi connectivity index (χ4v) is 0.908. The van der Waals surface area contributed by atoms with Gasteiger partial charge in [0.05, 0.1) is 5.69 Å². The quantitative estimate of drug-likeness (QED) is 0.565. The first-order valence-corrected chi connectivity index (χ1v) is 4.05. The molecule has 0 aliphatic rings. The lowest BCUT2D eigenvalue weighted by atomic mass is 10.2. The molecular formula is C10H10N2O2. The summed E-state index contributed by atoms with van der Waals surface area (Å²) in [5, 5.41) is 0. The number of nitrogens with two attached hydrogens (primary N) is 1. The maximum absolute atomic E-state index is 11.0. The number of rotatable bonds is 3. The molecule has 1 amide bonds. The molecule has 4 nitrogen and oxygen atoms in total. The molecule has 1 aromatic rings. The second-order valence-corrected chi connectivity index (χ2v) is 2.74. The van der Waals surface area contributed by atoms with Crippen molar-refractivity contribution in [1.29, 1.82) is 0 Å². The van der Waals surface area contributed by atoms with Gasteiger partial charge in [-0.2, -0.15) is 0 Å². The zero-order valence-corrected chi connectivity index (χ0v) is 7.73. The van der Waals surface area contributed by atoms with E-state index in [0.717, 1.165) is 0 Å². The first-order chi connectivity index (χ1) is 6.59. The van der Waals surface area contributed by atoms with E-state index in [1.807, 2.05) is 0 Å². The van der Waals surface area contributed by atoms with Gasteiger partial charge in [-0.05, 0) is 18.2 Å². The Balaban J connectivity index is 2.94. The van der Waals surface area contributed by atoms with Gasteiger partial charge in [-0.25, -0.2) is 4.98 Å². The number of carbonyl (C=O) groups is 2. The summed E-state index contributed by atoms with van der Waals surface area (Å²) in [6, 6.07) is 5.00. The average molecular weight is 190 g/mol. The summed E-state index contributed by atoms with van der Waals surface area (Å²) in [4.78, 5) is 25.4. The zero-order valence-electron chi connectivity index (χ0n) is 7.73. The summed E-state index contributed by atoms with van der Waals surface area (Å²) < 4.78 is 0. The molecule has 0 unspecified atom stereocenters. The minimum atomic E-state index is -0.542. The van der Waals surface area contributed by atoms with Crippen molar-refractivity contribution in [2.45, 2.75) is 6.92 Å². The van der Waals surface area contributed by atoms with E-state index in [-0.39, 0.29) is 5.78 Å². The summed E-state index contributed by atoms with van der Waals surface area (Å²) in [6.45, 7) is 1.43. The molecule has 0 radical (unpaired) electrons. The van der Waals surface area contributed by atoms with E-state index in [1.165, 1.54) is 19.1 Å². The molecule has 0 bridgehead atoms. The van der Waals surface area contributed by atoms with E-state index in [0.29, 0.717) is 11.4 Å². The van der Waals surface area contributed by atoms with Gasteiger partial charge in [-0.1, -0.05) is 6.07 Å². The lowest BCUT2D eigenvalue weighted by molar-refractivity contribution is -0.113. The first kappa shape index (κ1) is 10.1. The van der Waals surface area contributed by atoms with Gasteiger partial charge in [-0.3, -0.25) is 9.59 Å². The number of carbonyl (C=O) groups excluding carboxylic acids is 2. The number of aromatic nitrogens is 1. The van der Waals surface area contributed by atoms with Crippen LogP contribution in [0, 0.1) is 0 Å². The highest BCUT2D eigenvalue weighted by atomic mass is 16.1. The number of hydrogen-bond acceptors (Lipinski definition) is 3. The number of amides is 1. The predicted octanol–water partition coefficient (Wildman–Crippen LogP) is 0.783. The van der Waals surface area contributed by atoms with Crippen LogP contribution in [0.4, 0.5) is 0 Å². The summed E-state index contributed by atoms with van der Waals surface area (Å²) in [5.41, 5.74) is 5.83. The third-order valence-electron chi connectivity index (χ3n) is 1.55. The van der Waals surface area contributed by atoms with Gasteiger partial charge < -0.3 is 5.73 Å². The molecule has 0 spiro atoms. The molecule has 0 aliphatic heterocycles. The van der Waals surface area contributed by atoms with Gasteiger partial charge in [0, 0.05) is 13.0 Å². The Hall–Kier alpha value is -1.97. The monoisotopic (exact) mass is 190 g/mol.